The van der Waals surface area contributed by atoms with Gasteiger partial charge in [-0.15, -0.1) is 11.6 Å². The Hall–Kier alpha value is -2.07. The molecule has 0 aliphatic heterocycles. The van der Waals surface area contributed by atoms with Crippen LogP contribution in [0.5, 0.6) is 0 Å². The van der Waals surface area contributed by atoms with Gasteiger partial charge in [-0.25, -0.2) is 9.37 Å². The zero-order valence-electron chi connectivity index (χ0n) is 11.8. The van der Waals surface area contributed by atoms with Crippen LogP contribution in [0.25, 0.3) is 16.7 Å². The fourth-order valence-corrected chi connectivity index (χ4v) is 2.57. The Morgan fingerprint density at radius 3 is 2.48 bits per heavy atom. The minimum atomic E-state index is -0.331. The quantitative estimate of drug-likeness (QED) is 0.683. The third-order valence-corrected chi connectivity index (χ3v) is 3.69. The number of rotatable bonds is 3. The Bertz CT molecular complexity index is 778. The van der Waals surface area contributed by atoms with Crippen molar-refractivity contribution in [3.05, 3.63) is 54.1 Å². The Morgan fingerprint density at radius 2 is 1.86 bits per heavy atom. The molecule has 21 heavy (non-hydrogen) atoms. The molecule has 0 aliphatic carbocycles. The molecule has 108 valence electrons. The average molecular weight is 304 g/mol. The molecule has 1 aromatic heterocycles. The van der Waals surface area contributed by atoms with Crippen molar-refractivity contribution >= 4 is 28.3 Å². The highest BCUT2D eigenvalue weighted by molar-refractivity contribution is 6.17. The number of benzene rings is 2. The molecule has 1 heterocycles. The second-order valence-electron chi connectivity index (χ2n) is 5.02. The first kappa shape index (κ1) is 13.9. The summed E-state index contributed by atoms with van der Waals surface area (Å²) in [6.07, 6.45) is 0. The first-order chi connectivity index (χ1) is 10.1. The van der Waals surface area contributed by atoms with Gasteiger partial charge in [-0.3, -0.25) is 4.57 Å². The molecule has 0 radical (unpaired) electrons. The minimum absolute atomic E-state index is 0.226. The van der Waals surface area contributed by atoms with E-state index in [9.17, 15) is 4.39 Å². The third-order valence-electron chi connectivity index (χ3n) is 3.45. The summed E-state index contributed by atoms with van der Waals surface area (Å²) in [6, 6.07) is 12.9. The molecule has 0 atom stereocenters. The zero-order chi connectivity index (χ0) is 15.0. The van der Waals surface area contributed by atoms with E-state index in [4.69, 9.17) is 11.6 Å². The molecule has 0 unspecified atom stereocenters. The zero-order valence-corrected chi connectivity index (χ0v) is 12.6. The van der Waals surface area contributed by atoms with Crippen LogP contribution in [0.3, 0.4) is 0 Å². The molecule has 3 aromatic rings. The van der Waals surface area contributed by atoms with E-state index < -0.39 is 0 Å². The second kappa shape index (κ2) is 5.37. The molecule has 0 aliphatic rings. The minimum Gasteiger partial charge on any atom is -0.378 e. The molecular formula is C16H15ClFN3. The molecule has 0 amide bonds. The summed E-state index contributed by atoms with van der Waals surface area (Å²) in [7, 11) is 3.97. The Morgan fingerprint density at radius 1 is 1.14 bits per heavy atom. The van der Waals surface area contributed by atoms with Crippen molar-refractivity contribution < 1.29 is 4.39 Å². The number of anilines is 1. The summed E-state index contributed by atoms with van der Waals surface area (Å²) in [5.41, 5.74) is 3.10. The largest absolute Gasteiger partial charge is 0.378 e. The van der Waals surface area contributed by atoms with E-state index in [-0.39, 0.29) is 11.7 Å². The van der Waals surface area contributed by atoms with Gasteiger partial charge in [0.1, 0.15) is 11.3 Å². The third kappa shape index (κ3) is 2.36. The number of imidazole rings is 1. The van der Waals surface area contributed by atoms with E-state index in [1.807, 2.05) is 53.9 Å². The highest BCUT2D eigenvalue weighted by Crippen LogP contribution is 2.25. The number of nitrogens with zero attached hydrogens (tertiary/aromatic N) is 3. The van der Waals surface area contributed by atoms with Gasteiger partial charge in [-0.2, -0.15) is 0 Å². The van der Waals surface area contributed by atoms with Crippen molar-refractivity contribution in [2.45, 2.75) is 5.88 Å². The number of hydrogen-bond donors (Lipinski definition) is 0. The lowest BCUT2D eigenvalue weighted by Crippen LogP contribution is -2.08. The molecule has 0 N–H and O–H groups in total. The van der Waals surface area contributed by atoms with Crippen LogP contribution in [-0.2, 0) is 5.88 Å². The fraction of sp³-hybridized carbons (Fsp3) is 0.188. The maximum Gasteiger partial charge on any atom is 0.151 e. The molecule has 0 fully saturated rings. The van der Waals surface area contributed by atoms with Gasteiger partial charge in [0, 0.05) is 25.5 Å². The number of para-hydroxylation sites is 1. The van der Waals surface area contributed by atoms with Crippen molar-refractivity contribution in [3.63, 3.8) is 0 Å². The number of fused-ring (bicyclic) bond motifs is 1. The summed E-state index contributed by atoms with van der Waals surface area (Å²) in [5.74, 6) is 0.528. The monoisotopic (exact) mass is 303 g/mol. The fourth-order valence-electron chi connectivity index (χ4n) is 2.39. The van der Waals surface area contributed by atoms with E-state index in [1.54, 1.807) is 6.07 Å². The Balaban J connectivity index is 2.21. The lowest BCUT2D eigenvalue weighted by Gasteiger charge is -2.14. The summed E-state index contributed by atoms with van der Waals surface area (Å²) in [4.78, 5) is 6.34. The summed E-state index contributed by atoms with van der Waals surface area (Å²) >= 11 is 5.97. The SMILES string of the molecule is CN(C)c1ccc(-n2c(CCl)nc3c(F)cccc32)cc1. The van der Waals surface area contributed by atoms with Crippen LogP contribution in [0.2, 0.25) is 0 Å². The van der Waals surface area contributed by atoms with Gasteiger partial charge in [0.25, 0.3) is 0 Å². The predicted molar refractivity (Wildman–Crippen MR) is 84.9 cm³/mol. The predicted octanol–water partition coefficient (Wildman–Crippen LogP) is 3.97. The van der Waals surface area contributed by atoms with Crippen LogP contribution >= 0.6 is 11.6 Å². The van der Waals surface area contributed by atoms with Crippen LogP contribution < -0.4 is 4.90 Å². The van der Waals surface area contributed by atoms with E-state index >= 15 is 0 Å². The highest BCUT2D eigenvalue weighted by atomic mass is 35.5. The van der Waals surface area contributed by atoms with Gasteiger partial charge in [0.15, 0.2) is 5.82 Å². The summed E-state index contributed by atoms with van der Waals surface area (Å²) < 4.78 is 15.8. The van der Waals surface area contributed by atoms with Gasteiger partial charge in [-0.1, -0.05) is 6.07 Å². The van der Waals surface area contributed by atoms with Crippen LogP contribution in [0.15, 0.2) is 42.5 Å². The van der Waals surface area contributed by atoms with E-state index in [0.29, 0.717) is 11.3 Å². The van der Waals surface area contributed by atoms with Gasteiger partial charge in [0.05, 0.1) is 11.4 Å². The van der Waals surface area contributed by atoms with Crippen LogP contribution in [-0.4, -0.2) is 23.6 Å². The van der Waals surface area contributed by atoms with Gasteiger partial charge >= 0.3 is 0 Å². The number of aromatic nitrogens is 2. The van der Waals surface area contributed by atoms with Crippen LogP contribution in [0.1, 0.15) is 5.82 Å². The molecule has 0 spiro atoms. The molecule has 3 nitrogen and oxygen atoms in total. The summed E-state index contributed by atoms with van der Waals surface area (Å²) in [6.45, 7) is 0. The van der Waals surface area contributed by atoms with Crippen molar-refractivity contribution in [1.29, 1.82) is 0 Å². The van der Waals surface area contributed by atoms with Crippen molar-refractivity contribution in [1.82, 2.24) is 9.55 Å². The molecular weight excluding hydrogens is 289 g/mol. The van der Waals surface area contributed by atoms with Crippen LogP contribution in [0.4, 0.5) is 10.1 Å². The molecule has 5 heteroatoms. The molecule has 2 aromatic carbocycles. The number of hydrogen-bond acceptors (Lipinski definition) is 2. The maximum absolute atomic E-state index is 13.9. The van der Waals surface area contributed by atoms with E-state index in [1.165, 1.54) is 6.07 Å². The lowest BCUT2D eigenvalue weighted by molar-refractivity contribution is 0.637. The molecule has 0 saturated carbocycles. The smallest absolute Gasteiger partial charge is 0.151 e. The molecule has 0 bridgehead atoms. The number of alkyl halides is 1. The normalized spacial score (nSPS) is 11.0. The standard InChI is InChI=1S/C16H15ClFN3/c1-20(2)11-6-8-12(9-7-11)21-14-5-3-4-13(18)16(14)19-15(21)10-17/h3-9H,10H2,1-2H3. The topological polar surface area (TPSA) is 21.1 Å². The first-order valence-corrected chi connectivity index (χ1v) is 7.15. The number of halogens is 2. The second-order valence-corrected chi connectivity index (χ2v) is 5.28. The Labute approximate surface area is 127 Å². The van der Waals surface area contributed by atoms with Gasteiger partial charge < -0.3 is 4.90 Å². The van der Waals surface area contributed by atoms with E-state index in [0.717, 1.165) is 16.9 Å². The van der Waals surface area contributed by atoms with Crippen molar-refractivity contribution in [3.8, 4) is 5.69 Å². The summed E-state index contributed by atoms with van der Waals surface area (Å²) in [5, 5.41) is 0. The maximum atomic E-state index is 13.9. The van der Waals surface area contributed by atoms with Gasteiger partial charge in [0.2, 0.25) is 0 Å². The molecule has 0 saturated heterocycles. The van der Waals surface area contributed by atoms with Crippen molar-refractivity contribution in [2.24, 2.45) is 0 Å². The van der Waals surface area contributed by atoms with E-state index in [2.05, 4.69) is 4.98 Å². The van der Waals surface area contributed by atoms with Crippen LogP contribution in [0, 0.1) is 5.82 Å². The Kier molecular flexibility index (Phi) is 3.55. The lowest BCUT2D eigenvalue weighted by atomic mass is 10.2. The first-order valence-electron chi connectivity index (χ1n) is 6.61. The highest BCUT2D eigenvalue weighted by Gasteiger charge is 2.14. The van der Waals surface area contributed by atoms with Gasteiger partial charge in [-0.05, 0) is 36.4 Å². The molecule has 3 rings (SSSR count). The average Bonchev–Trinajstić information content (AvgIpc) is 2.87. The van der Waals surface area contributed by atoms with Crippen molar-refractivity contribution in [2.75, 3.05) is 19.0 Å².